The van der Waals surface area contributed by atoms with Crippen LogP contribution >= 0.6 is 0 Å². The highest BCUT2D eigenvalue weighted by Crippen LogP contribution is 2.30. The van der Waals surface area contributed by atoms with Gasteiger partial charge in [-0.3, -0.25) is 4.79 Å². The van der Waals surface area contributed by atoms with Crippen LogP contribution in [0.15, 0.2) is 78.9 Å². The summed E-state index contributed by atoms with van der Waals surface area (Å²) in [5.41, 5.74) is 0.763. The molecule has 0 amide bonds. The smallest absolute Gasteiger partial charge is 0.159 e. The number of hydrogen-bond acceptors (Lipinski definition) is 1. The van der Waals surface area contributed by atoms with E-state index < -0.39 is 0 Å². The largest absolute Gasteiger partial charge is 0.295 e. The Labute approximate surface area is 145 Å². The van der Waals surface area contributed by atoms with E-state index in [2.05, 4.69) is 60.7 Å². The van der Waals surface area contributed by atoms with Crippen molar-refractivity contribution in [1.29, 1.82) is 0 Å². The summed E-state index contributed by atoms with van der Waals surface area (Å²) in [7, 11) is 0. The van der Waals surface area contributed by atoms with Gasteiger partial charge >= 0.3 is 0 Å². The monoisotopic (exact) mass is 320 g/mol. The SMILES string of the molecule is CC(=O)c1ccc2cc3cc4cc5ccccc5cc4cc3cc2c1. The van der Waals surface area contributed by atoms with Gasteiger partial charge in [0.05, 0.1) is 0 Å². The molecular formula is C24H16O. The molecule has 0 bridgehead atoms. The van der Waals surface area contributed by atoms with E-state index in [1.165, 1.54) is 32.3 Å². The molecule has 0 aromatic heterocycles. The van der Waals surface area contributed by atoms with Crippen LogP contribution < -0.4 is 0 Å². The third kappa shape index (κ3) is 2.28. The molecule has 0 unspecified atom stereocenters. The maximum absolute atomic E-state index is 11.7. The molecule has 0 N–H and O–H groups in total. The second kappa shape index (κ2) is 5.15. The van der Waals surface area contributed by atoms with E-state index >= 15 is 0 Å². The standard InChI is InChI=1S/C24H16O/c1-15(25)16-6-7-19-11-23-13-21-9-17-4-2-3-5-18(17)10-22(21)14-24(23)12-20(19)8-16/h2-14H,1H3. The van der Waals surface area contributed by atoms with Crippen molar-refractivity contribution in [2.24, 2.45) is 0 Å². The van der Waals surface area contributed by atoms with Gasteiger partial charge in [0, 0.05) is 5.56 Å². The van der Waals surface area contributed by atoms with E-state index in [0.717, 1.165) is 16.3 Å². The van der Waals surface area contributed by atoms with Crippen LogP contribution in [0.2, 0.25) is 0 Å². The van der Waals surface area contributed by atoms with E-state index in [1.807, 2.05) is 18.2 Å². The first kappa shape index (κ1) is 14.2. The molecule has 0 spiro atoms. The fraction of sp³-hybridized carbons (Fsp3) is 0.0417. The Hall–Kier alpha value is -3.19. The van der Waals surface area contributed by atoms with Crippen LogP contribution in [0.4, 0.5) is 0 Å². The minimum absolute atomic E-state index is 0.104. The van der Waals surface area contributed by atoms with Gasteiger partial charge in [0.25, 0.3) is 0 Å². The first-order valence-electron chi connectivity index (χ1n) is 8.48. The van der Waals surface area contributed by atoms with Crippen molar-refractivity contribution in [3.8, 4) is 0 Å². The van der Waals surface area contributed by atoms with Crippen LogP contribution in [-0.4, -0.2) is 5.78 Å². The van der Waals surface area contributed by atoms with Crippen molar-refractivity contribution >= 4 is 48.9 Å². The predicted octanol–water partition coefficient (Wildman–Crippen LogP) is 6.50. The molecule has 0 saturated heterocycles. The van der Waals surface area contributed by atoms with Gasteiger partial charge in [-0.25, -0.2) is 0 Å². The van der Waals surface area contributed by atoms with Crippen LogP contribution in [-0.2, 0) is 0 Å². The molecule has 5 aromatic rings. The topological polar surface area (TPSA) is 17.1 Å². The Balaban J connectivity index is 1.84. The maximum atomic E-state index is 11.7. The van der Waals surface area contributed by atoms with Crippen molar-refractivity contribution in [3.63, 3.8) is 0 Å². The number of ketones is 1. The summed E-state index contributed by atoms with van der Waals surface area (Å²) in [6.45, 7) is 1.61. The quantitative estimate of drug-likeness (QED) is 0.254. The molecule has 1 nitrogen and oxygen atoms in total. The van der Waals surface area contributed by atoms with E-state index in [9.17, 15) is 4.79 Å². The lowest BCUT2D eigenvalue weighted by Gasteiger charge is -2.08. The summed E-state index contributed by atoms with van der Waals surface area (Å²) in [5, 5.41) is 9.73. The first-order chi connectivity index (χ1) is 12.2. The number of carbonyl (C=O) groups is 1. The molecule has 0 aliphatic heterocycles. The molecule has 0 radical (unpaired) electrons. The van der Waals surface area contributed by atoms with E-state index in [1.54, 1.807) is 6.92 Å². The van der Waals surface area contributed by atoms with Crippen molar-refractivity contribution in [3.05, 3.63) is 84.4 Å². The summed E-state index contributed by atoms with van der Waals surface area (Å²) in [6.07, 6.45) is 0. The minimum Gasteiger partial charge on any atom is -0.295 e. The highest BCUT2D eigenvalue weighted by molar-refractivity contribution is 6.09. The Morgan fingerprint density at radius 1 is 0.520 bits per heavy atom. The van der Waals surface area contributed by atoms with Gasteiger partial charge in [0.15, 0.2) is 5.78 Å². The van der Waals surface area contributed by atoms with Crippen LogP contribution in [0.1, 0.15) is 17.3 Å². The summed E-state index contributed by atoms with van der Waals surface area (Å²) in [6, 6.07) is 27.8. The summed E-state index contributed by atoms with van der Waals surface area (Å²) in [4.78, 5) is 11.7. The lowest BCUT2D eigenvalue weighted by molar-refractivity contribution is 0.101. The fourth-order valence-corrected chi connectivity index (χ4v) is 3.66. The molecule has 0 aliphatic carbocycles. The van der Waals surface area contributed by atoms with Gasteiger partial charge < -0.3 is 0 Å². The summed E-state index contributed by atoms with van der Waals surface area (Å²) < 4.78 is 0. The molecule has 0 fully saturated rings. The van der Waals surface area contributed by atoms with E-state index in [0.29, 0.717) is 0 Å². The van der Waals surface area contributed by atoms with Crippen LogP contribution in [0.3, 0.4) is 0 Å². The highest BCUT2D eigenvalue weighted by atomic mass is 16.1. The molecule has 25 heavy (non-hydrogen) atoms. The zero-order chi connectivity index (χ0) is 17.0. The molecule has 0 saturated carbocycles. The molecule has 0 atom stereocenters. The molecule has 0 heterocycles. The number of fused-ring (bicyclic) bond motifs is 4. The van der Waals surface area contributed by atoms with Gasteiger partial charge in [-0.15, -0.1) is 0 Å². The van der Waals surface area contributed by atoms with Crippen molar-refractivity contribution < 1.29 is 4.79 Å². The third-order valence-corrected chi connectivity index (χ3v) is 5.02. The Bertz CT molecular complexity index is 1310. The second-order valence-electron chi connectivity index (χ2n) is 6.72. The Morgan fingerprint density at radius 2 is 0.920 bits per heavy atom. The van der Waals surface area contributed by atoms with Crippen molar-refractivity contribution in [1.82, 2.24) is 0 Å². The van der Waals surface area contributed by atoms with E-state index in [4.69, 9.17) is 0 Å². The zero-order valence-corrected chi connectivity index (χ0v) is 13.9. The summed E-state index contributed by atoms with van der Waals surface area (Å²) >= 11 is 0. The average Bonchev–Trinajstić information content (AvgIpc) is 2.62. The molecular weight excluding hydrogens is 304 g/mol. The molecule has 5 aromatic carbocycles. The lowest BCUT2D eigenvalue weighted by Crippen LogP contribution is -1.91. The summed E-state index contributed by atoms with van der Waals surface area (Å²) in [5.74, 6) is 0.104. The van der Waals surface area contributed by atoms with Crippen molar-refractivity contribution in [2.75, 3.05) is 0 Å². The van der Waals surface area contributed by atoms with Crippen LogP contribution in [0, 0.1) is 0 Å². The lowest BCUT2D eigenvalue weighted by atomic mass is 9.96. The number of hydrogen-bond donors (Lipinski definition) is 0. The minimum atomic E-state index is 0.104. The van der Waals surface area contributed by atoms with Gasteiger partial charge in [-0.05, 0) is 92.5 Å². The van der Waals surface area contributed by atoms with E-state index in [-0.39, 0.29) is 5.78 Å². The molecule has 5 rings (SSSR count). The second-order valence-corrected chi connectivity index (χ2v) is 6.72. The van der Waals surface area contributed by atoms with Gasteiger partial charge in [-0.1, -0.05) is 36.4 Å². The molecule has 1 heteroatoms. The zero-order valence-electron chi connectivity index (χ0n) is 13.9. The van der Waals surface area contributed by atoms with Crippen LogP contribution in [0.5, 0.6) is 0 Å². The average molecular weight is 320 g/mol. The normalized spacial score (nSPS) is 11.6. The number of carbonyl (C=O) groups excluding carboxylic acids is 1. The number of Topliss-reactive ketones (excluding diaryl/α,β-unsaturated/α-hetero) is 1. The maximum Gasteiger partial charge on any atom is 0.159 e. The number of benzene rings is 5. The third-order valence-electron chi connectivity index (χ3n) is 5.02. The predicted molar refractivity (Wildman–Crippen MR) is 106 cm³/mol. The first-order valence-corrected chi connectivity index (χ1v) is 8.48. The molecule has 118 valence electrons. The van der Waals surface area contributed by atoms with Gasteiger partial charge in [0.1, 0.15) is 0 Å². The highest BCUT2D eigenvalue weighted by Gasteiger charge is 2.05. The van der Waals surface area contributed by atoms with Crippen LogP contribution in [0.25, 0.3) is 43.1 Å². The Kier molecular flexibility index (Phi) is 2.92. The fourth-order valence-electron chi connectivity index (χ4n) is 3.66. The molecule has 0 aliphatic rings. The number of rotatable bonds is 1. The Morgan fingerprint density at radius 3 is 1.40 bits per heavy atom. The van der Waals surface area contributed by atoms with Gasteiger partial charge in [0.2, 0.25) is 0 Å². The van der Waals surface area contributed by atoms with Crippen molar-refractivity contribution in [2.45, 2.75) is 6.92 Å². The van der Waals surface area contributed by atoms with Gasteiger partial charge in [-0.2, -0.15) is 0 Å².